The summed E-state index contributed by atoms with van der Waals surface area (Å²) in [4.78, 5) is 54.5. The Morgan fingerprint density at radius 1 is 0.944 bits per heavy atom. The molecule has 0 aromatic heterocycles. The summed E-state index contributed by atoms with van der Waals surface area (Å²) in [7, 11) is 0. The summed E-state index contributed by atoms with van der Waals surface area (Å²) in [5.74, 6) is -0.897. The van der Waals surface area contributed by atoms with Gasteiger partial charge in [-0.3, -0.25) is 24.1 Å². The van der Waals surface area contributed by atoms with Crippen LogP contribution in [-0.4, -0.2) is 58.6 Å². The van der Waals surface area contributed by atoms with Gasteiger partial charge in [0.25, 0.3) is 11.8 Å². The number of rotatable bonds is 10. The molecule has 0 spiro atoms. The van der Waals surface area contributed by atoms with Crippen molar-refractivity contribution in [3.05, 3.63) is 71.3 Å². The van der Waals surface area contributed by atoms with E-state index in [0.29, 0.717) is 30.5 Å². The number of amides is 4. The van der Waals surface area contributed by atoms with E-state index in [0.717, 1.165) is 31.2 Å². The van der Waals surface area contributed by atoms with E-state index in [1.165, 1.54) is 11.3 Å². The summed E-state index contributed by atoms with van der Waals surface area (Å²) >= 11 is 0. The lowest BCUT2D eigenvalue weighted by Gasteiger charge is -2.31. The van der Waals surface area contributed by atoms with Crippen LogP contribution in [0.2, 0.25) is 0 Å². The van der Waals surface area contributed by atoms with Crippen LogP contribution in [0.3, 0.4) is 0 Å². The van der Waals surface area contributed by atoms with Gasteiger partial charge >= 0.3 is 0 Å². The highest BCUT2D eigenvalue weighted by Crippen LogP contribution is 2.23. The summed E-state index contributed by atoms with van der Waals surface area (Å²) in [5.41, 5.74) is 1.92. The van der Waals surface area contributed by atoms with Crippen molar-refractivity contribution < 1.29 is 19.2 Å². The Balaban J connectivity index is 1.37. The fourth-order valence-corrected chi connectivity index (χ4v) is 5.11. The molecular weight excluding hydrogens is 454 g/mol. The van der Waals surface area contributed by atoms with E-state index in [1.54, 1.807) is 36.1 Å². The van der Waals surface area contributed by atoms with Crippen LogP contribution in [0.5, 0.6) is 0 Å². The number of fused-ring (bicyclic) bond motifs is 1. The van der Waals surface area contributed by atoms with Crippen molar-refractivity contribution in [3.63, 3.8) is 0 Å². The zero-order valence-corrected chi connectivity index (χ0v) is 20.9. The quantitative estimate of drug-likeness (QED) is 0.512. The molecule has 1 atom stereocenters. The first-order chi connectivity index (χ1) is 17.5. The Hall–Kier alpha value is -3.48. The van der Waals surface area contributed by atoms with Crippen LogP contribution in [0.25, 0.3) is 0 Å². The molecule has 36 heavy (non-hydrogen) atoms. The third-order valence-corrected chi connectivity index (χ3v) is 7.25. The fourth-order valence-electron chi connectivity index (χ4n) is 5.11. The zero-order valence-electron chi connectivity index (χ0n) is 20.9. The molecule has 0 saturated heterocycles. The molecule has 1 fully saturated rings. The van der Waals surface area contributed by atoms with Gasteiger partial charge in [0.1, 0.15) is 6.04 Å². The fraction of sp³-hybridized carbons (Fsp3) is 0.448. The zero-order chi connectivity index (χ0) is 25.5. The topological polar surface area (TPSA) is 86.8 Å². The molecule has 7 heteroatoms. The number of nitrogens with one attached hydrogen (secondary N) is 1. The maximum Gasteiger partial charge on any atom is 0.261 e. The predicted octanol–water partition coefficient (Wildman–Crippen LogP) is 3.97. The van der Waals surface area contributed by atoms with Crippen LogP contribution in [-0.2, 0) is 16.0 Å². The van der Waals surface area contributed by atoms with Crippen LogP contribution >= 0.6 is 0 Å². The Bertz CT molecular complexity index is 1060. The minimum Gasteiger partial charge on any atom is -0.352 e. The monoisotopic (exact) mass is 489 g/mol. The summed E-state index contributed by atoms with van der Waals surface area (Å²) in [6.45, 7) is 2.38. The first-order valence-corrected chi connectivity index (χ1v) is 13.0. The maximum atomic E-state index is 13.3. The number of imide groups is 1. The first-order valence-electron chi connectivity index (χ1n) is 13.0. The molecule has 1 saturated carbocycles. The molecule has 2 aromatic rings. The van der Waals surface area contributed by atoms with Crippen molar-refractivity contribution in [2.45, 2.75) is 70.4 Å². The molecule has 1 aliphatic heterocycles. The van der Waals surface area contributed by atoms with Crippen LogP contribution in [0.15, 0.2) is 54.6 Å². The summed E-state index contributed by atoms with van der Waals surface area (Å²) in [6, 6.07) is 16.3. The molecule has 2 aromatic carbocycles. The molecule has 0 radical (unpaired) electrons. The summed E-state index contributed by atoms with van der Waals surface area (Å²) in [6.07, 6.45) is 6.56. The molecule has 1 N–H and O–H groups in total. The number of carbonyl (C=O) groups is 4. The molecule has 2 aliphatic rings. The third kappa shape index (κ3) is 6.01. The number of hydrogen-bond acceptors (Lipinski definition) is 4. The second-order valence-electron chi connectivity index (χ2n) is 9.75. The lowest BCUT2D eigenvalue weighted by Crippen LogP contribution is -2.51. The average Bonchev–Trinajstić information content (AvgIpc) is 3.15. The predicted molar refractivity (Wildman–Crippen MR) is 137 cm³/mol. The second-order valence-corrected chi connectivity index (χ2v) is 9.75. The highest BCUT2D eigenvalue weighted by Gasteiger charge is 2.35. The van der Waals surface area contributed by atoms with Crippen molar-refractivity contribution in [3.8, 4) is 0 Å². The SMILES string of the molecule is CC(C(=O)NC1CCCCC1)N(CCc1ccccc1)C(=O)CCCN1C(=O)c2ccccc2C1=O. The molecule has 190 valence electrons. The Kier molecular flexibility index (Phi) is 8.52. The van der Waals surface area contributed by atoms with Gasteiger partial charge in [-0.2, -0.15) is 0 Å². The minimum atomic E-state index is -0.595. The minimum absolute atomic E-state index is 0.122. The van der Waals surface area contributed by atoms with Gasteiger partial charge in [0.05, 0.1) is 11.1 Å². The van der Waals surface area contributed by atoms with Crippen molar-refractivity contribution in [1.82, 2.24) is 15.1 Å². The van der Waals surface area contributed by atoms with Crippen LogP contribution in [0.4, 0.5) is 0 Å². The highest BCUT2D eigenvalue weighted by atomic mass is 16.2. The van der Waals surface area contributed by atoms with Crippen LogP contribution in [0, 0.1) is 0 Å². The normalized spacial score (nSPS) is 16.5. The van der Waals surface area contributed by atoms with E-state index in [1.807, 2.05) is 30.3 Å². The number of hydrogen-bond donors (Lipinski definition) is 1. The molecule has 1 unspecified atom stereocenters. The van der Waals surface area contributed by atoms with Crippen LogP contribution < -0.4 is 5.32 Å². The average molecular weight is 490 g/mol. The number of nitrogens with zero attached hydrogens (tertiary/aromatic N) is 2. The van der Waals surface area contributed by atoms with Crippen molar-refractivity contribution in [2.75, 3.05) is 13.1 Å². The lowest BCUT2D eigenvalue weighted by atomic mass is 9.95. The summed E-state index contributed by atoms with van der Waals surface area (Å²) < 4.78 is 0. The van der Waals surface area contributed by atoms with Crippen molar-refractivity contribution >= 4 is 23.6 Å². The molecule has 7 nitrogen and oxygen atoms in total. The second kappa shape index (κ2) is 12.0. The molecule has 4 amide bonds. The largest absolute Gasteiger partial charge is 0.352 e. The third-order valence-electron chi connectivity index (χ3n) is 7.25. The molecule has 1 aliphatic carbocycles. The van der Waals surface area contributed by atoms with Gasteiger partial charge in [-0.25, -0.2) is 0 Å². The Morgan fingerprint density at radius 2 is 1.56 bits per heavy atom. The van der Waals surface area contributed by atoms with E-state index >= 15 is 0 Å². The highest BCUT2D eigenvalue weighted by molar-refractivity contribution is 6.21. The van der Waals surface area contributed by atoms with Gasteiger partial charge in [0, 0.05) is 25.6 Å². The van der Waals surface area contributed by atoms with E-state index < -0.39 is 6.04 Å². The number of benzene rings is 2. The van der Waals surface area contributed by atoms with Gasteiger partial charge in [-0.1, -0.05) is 61.7 Å². The molecular formula is C29H35N3O4. The number of carbonyl (C=O) groups excluding carboxylic acids is 4. The van der Waals surface area contributed by atoms with Gasteiger partial charge < -0.3 is 10.2 Å². The Labute approximate surface area is 212 Å². The van der Waals surface area contributed by atoms with E-state index in [4.69, 9.17) is 0 Å². The molecule has 1 heterocycles. The maximum absolute atomic E-state index is 13.3. The van der Waals surface area contributed by atoms with E-state index in [9.17, 15) is 19.2 Å². The van der Waals surface area contributed by atoms with Gasteiger partial charge in [-0.05, 0) is 50.3 Å². The molecule has 0 bridgehead atoms. The van der Waals surface area contributed by atoms with E-state index in [2.05, 4.69) is 5.32 Å². The van der Waals surface area contributed by atoms with Crippen molar-refractivity contribution in [2.24, 2.45) is 0 Å². The van der Waals surface area contributed by atoms with Gasteiger partial charge in [0.2, 0.25) is 11.8 Å². The first kappa shape index (κ1) is 25.6. The lowest BCUT2D eigenvalue weighted by molar-refractivity contribution is -0.140. The van der Waals surface area contributed by atoms with Crippen molar-refractivity contribution in [1.29, 1.82) is 0 Å². The Morgan fingerprint density at radius 3 is 2.19 bits per heavy atom. The standard InChI is InChI=1S/C29H35N3O4/c1-21(27(34)30-23-13-6-3-7-14-23)31(20-18-22-11-4-2-5-12-22)26(33)17-10-19-32-28(35)24-15-8-9-16-25(24)29(32)36/h2,4-5,8-9,11-12,15-16,21,23H,3,6-7,10,13-14,17-20H2,1H3,(H,30,34). The van der Waals surface area contributed by atoms with E-state index in [-0.39, 0.29) is 42.6 Å². The van der Waals surface area contributed by atoms with Crippen LogP contribution in [0.1, 0.15) is 78.1 Å². The van der Waals surface area contributed by atoms with Gasteiger partial charge in [-0.15, -0.1) is 0 Å². The van der Waals surface area contributed by atoms with Gasteiger partial charge in [0.15, 0.2) is 0 Å². The molecule has 4 rings (SSSR count). The summed E-state index contributed by atoms with van der Waals surface area (Å²) in [5, 5.41) is 3.14. The smallest absolute Gasteiger partial charge is 0.261 e.